The lowest BCUT2D eigenvalue weighted by atomic mass is 10.3. The molecule has 0 nitrogen and oxygen atoms in total. The molecule has 0 fully saturated rings. The van der Waals surface area contributed by atoms with E-state index >= 15 is 0 Å². The number of hydrogen-bond acceptors (Lipinski definition) is 0. The Bertz CT molecular complexity index is 57.2. The van der Waals surface area contributed by atoms with Gasteiger partial charge in [0.25, 0.3) is 0 Å². The average molecular weight is 119 g/mol. The third-order valence-electron chi connectivity index (χ3n) is 0.791. The average Bonchev–Trinajstić information content (AvgIpc) is 1.68. The largest absolute Gasteiger partial charge is 0.118 e. The van der Waals surface area contributed by atoms with Gasteiger partial charge in [-0.3, -0.25) is 0 Å². The van der Waals surface area contributed by atoms with E-state index in [-0.39, 0.29) is 5.38 Å². The maximum absolute atomic E-state index is 5.68. The molecule has 0 rings (SSSR count). The number of halogens is 1. The zero-order chi connectivity index (χ0) is 5.70. The van der Waals surface area contributed by atoms with Crippen LogP contribution in [-0.4, -0.2) is 5.38 Å². The van der Waals surface area contributed by atoms with Crippen molar-refractivity contribution in [1.82, 2.24) is 0 Å². The van der Waals surface area contributed by atoms with Crippen molar-refractivity contribution in [2.75, 3.05) is 0 Å². The van der Waals surface area contributed by atoms with Gasteiger partial charge in [0.1, 0.15) is 0 Å². The monoisotopic (exact) mass is 118 g/mol. The van der Waals surface area contributed by atoms with Crippen molar-refractivity contribution in [2.45, 2.75) is 25.6 Å². The molecule has 0 radical (unpaired) electrons. The second kappa shape index (κ2) is 4.20. The first-order valence-corrected chi connectivity index (χ1v) is 3.01. The quantitative estimate of drug-likeness (QED) is 0.386. The van der Waals surface area contributed by atoms with Gasteiger partial charge in [0, 0.05) is 0 Å². The van der Waals surface area contributed by atoms with Crippen LogP contribution in [-0.2, 0) is 0 Å². The lowest BCUT2D eigenvalue weighted by molar-refractivity contribution is 0.965. The van der Waals surface area contributed by atoms with Crippen LogP contribution in [0.1, 0.15) is 20.3 Å². The molecule has 1 atom stereocenters. The Kier molecular flexibility index (Phi) is 4.21. The Morgan fingerprint density at radius 1 is 1.71 bits per heavy atom. The molecular weight excluding hydrogens is 108 g/mol. The molecule has 0 bridgehead atoms. The molecule has 7 heavy (non-hydrogen) atoms. The van der Waals surface area contributed by atoms with Gasteiger partial charge in [-0.1, -0.05) is 19.1 Å². The van der Waals surface area contributed by atoms with Crippen molar-refractivity contribution in [3.05, 3.63) is 12.2 Å². The molecule has 0 spiro atoms. The number of hydrogen-bond donors (Lipinski definition) is 0. The molecule has 0 saturated carbocycles. The van der Waals surface area contributed by atoms with Crippen LogP contribution in [0.4, 0.5) is 0 Å². The zero-order valence-electron chi connectivity index (χ0n) is 4.82. The standard InChI is InChI=1S/C6H11Cl/c1-3-5-6(7)4-2/h3,5-6H,4H2,1-2H3/b5-3+/t6-/m0/s1. The molecule has 0 aromatic carbocycles. The normalized spacial score (nSPS) is 15.3. The van der Waals surface area contributed by atoms with Crippen LogP contribution >= 0.6 is 11.6 Å². The predicted molar refractivity (Wildman–Crippen MR) is 34.7 cm³/mol. The van der Waals surface area contributed by atoms with E-state index in [1.54, 1.807) is 0 Å². The van der Waals surface area contributed by atoms with Gasteiger partial charge in [0.15, 0.2) is 0 Å². The summed E-state index contributed by atoms with van der Waals surface area (Å²) >= 11 is 5.68. The fourth-order valence-electron chi connectivity index (χ4n) is 0.345. The van der Waals surface area contributed by atoms with E-state index in [0.29, 0.717) is 0 Å². The highest BCUT2D eigenvalue weighted by Gasteiger charge is 1.89. The molecule has 42 valence electrons. The molecule has 0 aliphatic rings. The minimum Gasteiger partial charge on any atom is -0.118 e. The molecular formula is C6H11Cl. The molecule has 0 amide bonds. The van der Waals surface area contributed by atoms with Gasteiger partial charge < -0.3 is 0 Å². The zero-order valence-corrected chi connectivity index (χ0v) is 5.57. The van der Waals surface area contributed by atoms with Crippen molar-refractivity contribution in [3.8, 4) is 0 Å². The highest BCUT2D eigenvalue weighted by Crippen LogP contribution is 2.00. The fourth-order valence-corrected chi connectivity index (χ4v) is 0.490. The van der Waals surface area contributed by atoms with Gasteiger partial charge in [-0.05, 0) is 13.3 Å². The molecule has 0 N–H and O–H groups in total. The Morgan fingerprint density at radius 2 is 2.29 bits per heavy atom. The smallest absolute Gasteiger partial charge is 0.0513 e. The molecule has 0 aromatic heterocycles. The van der Waals surface area contributed by atoms with Gasteiger partial charge >= 0.3 is 0 Å². The number of rotatable bonds is 2. The van der Waals surface area contributed by atoms with E-state index in [1.165, 1.54) is 0 Å². The Hall–Kier alpha value is 0.0300. The summed E-state index contributed by atoms with van der Waals surface area (Å²) in [7, 11) is 0. The van der Waals surface area contributed by atoms with E-state index in [1.807, 2.05) is 19.1 Å². The Morgan fingerprint density at radius 3 is 2.43 bits per heavy atom. The first-order chi connectivity index (χ1) is 3.31. The molecule has 0 aliphatic carbocycles. The second-order valence-corrected chi connectivity index (χ2v) is 2.01. The van der Waals surface area contributed by atoms with Gasteiger partial charge in [-0.25, -0.2) is 0 Å². The van der Waals surface area contributed by atoms with Gasteiger partial charge in [-0.15, -0.1) is 11.6 Å². The van der Waals surface area contributed by atoms with E-state index in [9.17, 15) is 0 Å². The minimum atomic E-state index is 0.241. The lowest BCUT2D eigenvalue weighted by Crippen LogP contribution is -1.86. The van der Waals surface area contributed by atoms with Crippen LogP contribution in [0.3, 0.4) is 0 Å². The van der Waals surface area contributed by atoms with Gasteiger partial charge in [0.05, 0.1) is 5.38 Å². The molecule has 1 heteroatoms. The van der Waals surface area contributed by atoms with Crippen LogP contribution in [0.5, 0.6) is 0 Å². The Labute approximate surface area is 50.2 Å². The molecule has 0 aliphatic heterocycles. The van der Waals surface area contributed by atoms with E-state index in [2.05, 4.69) is 6.92 Å². The summed E-state index contributed by atoms with van der Waals surface area (Å²) in [5.74, 6) is 0. The highest BCUT2D eigenvalue weighted by atomic mass is 35.5. The molecule has 0 saturated heterocycles. The topological polar surface area (TPSA) is 0 Å². The van der Waals surface area contributed by atoms with Crippen LogP contribution in [0, 0.1) is 0 Å². The summed E-state index contributed by atoms with van der Waals surface area (Å²) in [6, 6.07) is 0. The maximum atomic E-state index is 5.68. The molecule has 0 aromatic rings. The summed E-state index contributed by atoms with van der Waals surface area (Å²) in [6.07, 6.45) is 4.98. The van der Waals surface area contributed by atoms with Gasteiger partial charge in [0.2, 0.25) is 0 Å². The summed E-state index contributed by atoms with van der Waals surface area (Å²) in [4.78, 5) is 0. The summed E-state index contributed by atoms with van der Waals surface area (Å²) in [5.41, 5.74) is 0. The first-order valence-electron chi connectivity index (χ1n) is 2.58. The van der Waals surface area contributed by atoms with E-state index in [4.69, 9.17) is 11.6 Å². The van der Waals surface area contributed by atoms with Crippen molar-refractivity contribution in [1.29, 1.82) is 0 Å². The first kappa shape index (κ1) is 7.03. The van der Waals surface area contributed by atoms with E-state index < -0.39 is 0 Å². The Balaban J connectivity index is 3.16. The summed E-state index contributed by atoms with van der Waals surface area (Å²) in [6.45, 7) is 4.04. The van der Waals surface area contributed by atoms with Gasteiger partial charge in [-0.2, -0.15) is 0 Å². The van der Waals surface area contributed by atoms with Crippen molar-refractivity contribution in [3.63, 3.8) is 0 Å². The fraction of sp³-hybridized carbons (Fsp3) is 0.667. The number of alkyl halides is 1. The number of allylic oxidation sites excluding steroid dienone is 2. The third-order valence-corrected chi connectivity index (χ3v) is 1.25. The summed E-state index contributed by atoms with van der Waals surface area (Å²) in [5, 5.41) is 0.241. The van der Waals surface area contributed by atoms with Crippen LogP contribution in [0.25, 0.3) is 0 Å². The van der Waals surface area contributed by atoms with Crippen molar-refractivity contribution in [2.24, 2.45) is 0 Å². The molecule has 0 unspecified atom stereocenters. The van der Waals surface area contributed by atoms with Crippen LogP contribution < -0.4 is 0 Å². The lowest BCUT2D eigenvalue weighted by Gasteiger charge is -1.92. The molecule has 0 heterocycles. The highest BCUT2D eigenvalue weighted by molar-refractivity contribution is 6.21. The SMILES string of the molecule is C/C=C/[C@@H](Cl)CC. The van der Waals surface area contributed by atoms with Crippen LogP contribution in [0.15, 0.2) is 12.2 Å². The van der Waals surface area contributed by atoms with Crippen molar-refractivity contribution < 1.29 is 0 Å². The van der Waals surface area contributed by atoms with E-state index in [0.717, 1.165) is 6.42 Å². The minimum absolute atomic E-state index is 0.241. The maximum Gasteiger partial charge on any atom is 0.0513 e. The van der Waals surface area contributed by atoms with Crippen LogP contribution in [0.2, 0.25) is 0 Å². The third kappa shape index (κ3) is 3.87. The predicted octanol–water partition coefficient (Wildman–Crippen LogP) is 2.58. The second-order valence-electron chi connectivity index (χ2n) is 1.45. The summed E-state index contributed by atoms with van der Waals surface area (Å²) < 4.78 is 0. The van der Waals surface area contributed by atoms with Crippen molar-refractivity contribution >= 4 is 11.6 Å².